The maximum absolute atomic E-state index is 13.5. The minimum atomic E-state index is -2.44. The molecule has 29 heavy (non-hydrogen) atoms. The summed E-state index contributed by atoms with van der Waals surface area (Å²) in [4.78, 5) is 21.2. The highest BCUT2D eigenvalue weighted by atomic mass is 32.2. The van der Waals surface area contributed by atoms with E-state index in [1.807, 2.05) is 67.8 Å². The van der Waals surface area contributed by atoms with Gasteiger partial charge in [-0.25, -0.2) is 4.98 Å². The number of nitrogens with one attached hydrogen (secondary N) is 1. The number of aryl methyl sites for hydroxylation is 1. The lowest BCUT2D eigenvalue weighted by molar-refractivity contribution is 0.962. The van der Waals surface area contributed by atoms with Crippen molar-refractivity contribution in [1.29, 1.82) is 0 Å². The summed E-state index contributed by atoms with van der Waals surface area (Å²) in [6.45, 7) is 1.83. The first-order valence-electron chi connectivity index (χ1n) is 9.39. The summed E-state index contributed by atoms with van der Waals surface area (Å²) in [5, 5.41) is 4.98. The Hall–Kier alpha value is -2.68. The van der Waals surface area contributed by atoms with E-state index >= 15 is 0 Å². The molecule has 0 saturated heterocycles. The summed E-state index contributed by atoms with van der Waals surface area (Å²) in [5.41, 5.74) is -0.0632. The van der Waals surface area contributed by atoms with Crippen LogP contribution in [-0.4, -0.2) is 16.2 Å². The van der Waals surface area contributed by atoms with Crippen molar-refractivity contribution < 1.29 is 0 Å². The van der Waals surface area contributed by atoms with Gasteiger partial charge in [0, 0.05) is 0 Å². The molecule has 0 saturated carbocycles. The molecule has 3 aromatic carbocycles. The van der Waals surface area contributed by atoms with E-state index in [0.29, 0.717) is 5.82 Å². The number of nitrogens with zero attached hydrogens (tertiary/aromatic N) is 1. The topological polar surface area (TPSA) is 45.8 Å². The van der Waals surface area contributed by atoms with E-state index in [1.54, 1.807) is 0 Å². The number of benzene rings is 3. The SMILES string of the molecule is CSc1nc(C)[nH]c(=O)c1[P+](c1ccccc1)(c1ccccc1)c1ccccc1. The van der Waals surface area contributed by atoms with Gasteiger partial charge in [-0.1, -0.05) is 54.6 Å². The van der Waals surface area contributed by atoms with Gasteiger partial charge in [-0.3, -0.25) is 4.79 Å². The summed E-state index contributed by atoms with van der Waals surface area (Å²) in [5.74, 6) is 0.635. The molecule has 4 rings (SSSR count). The van der Waals surface area contributed by atoms with Crippen molar-refractivity contribution in [3.63, 3.8) is 0 Å². The molecule has 0 aliphatic rings. The summed E-state index contributed by atoms with van der Waals surface area (Å²) >= 11 is 1.53. The van der Waals surface area contributed by atoms with E-state index in [-0.39, 0.29) is 5.56 Å². The summed E-state index contributed by atoms with van der Waals surface area (Å²) < 4.78 is 0. The van der Waals surface area contributed by atoms with Crippen LogP contribution in [0.3, 0.4) is 0 Å². The second-order valence-corrected chi connectivity index (χ2v) is 10.8. The lowest BCUT2D eigenvalue weighted by Crippen LogP contribution is -2.46. The average Bonchev–Trinajstić information content (AvgIpc) is 2.77. The average molecular weight is 417 g/mol. The number of aromatic amines is 1. The van der Waals surface area contributed by atoms with Crippen molar-refractivity contribution in [2.75, 3.05) is 6.26 Å². The molecule has 0 amide bonds. The van der Waals surface area contributed by atoms with E-state index < -0.39 is 7.26 Å². The van der Waals surface area contributed by atoms with Crippen molar-refractivity contribution in [3.05, 3.63) is 107 Å². The van der Waals surface area contributed by atoms with E-state index in [2.05, 4.69) is 41.4 Å². The Bertz CT molecular complexity index is 1070. The molecule has 0 radical (unpaired) electrons. The van der Waals surface area contributed by atoms with Crippen molar-refractivity contribution >= 4 is 40.2 Å². The van der Waals surface area contributed by atoms with Crippen LogP contribution in [0.4, 0.5) is 0 Å². The first kappa shape index (κ1) is 19.6. The van der Waals surface area contributed by atoms with Crippen molar-refractivity contribution in [1.82, 2.24) is 9.97 Å². The molecule has 1 heterocycles. The van der Waals surface area contributed by atoms with Gasteiger partial charge in [0.2, 0.25) is 5.30 Å². The van der Waals surface area contributed by atoms with Crippen molar-refractivity contribution in [3.8, 4) is 0 Å². The third kappa shape index (κ3) is 3.43. The Labute approximate surface area is 175 Å². The zero-order valence-corrected chi connectivity index (χ0v) is 18.1. The van der Waals surface area contributed by atoms with Crippen LogP contribution in [0.2, 0.25) is 0 Å². The van der Waals surface area contributed by atoms with Gasteiger partial charge in [0.1, 0.15) is 26.8 Å². The molecule has 1 N–H and O–H groups in total. The number of hydrogen-bond acceptors (Lipinski definition) is 3. The minimum Gasteiger partial charge on any atom is -0.307 e. The van der Waals surface area contributed by atoms with Crippen LogP contribution >= 0.6 is 19.0 Å². The predicted molar refractivity (Wildman–Crippen MR) is 126 cm³/mol. The van der Waals surface area contributed by atoms with Crippen molar-refractivity contribution in [2.45, 2.75) is 11.9 Å². The molecule has 0 spiro atoms. The van der Waals surface area contributed by atoms with Crippen LogP contribution in [0.25, 0.3) is 0 Å². The minimum absolute atomic E-state index is 0.0632. The maximum Gasteiger partial charge on any atom is 0.295 e. The second-order valence-electron chi connectivity index (χ2n) is 6.69. The third-order valence-electron chi connectivity index (χ3n) is 4.94. The van der Waals surface area contributed by atoms with Gasteiger partial charge in [0.05, 0.1) is 0 Å². The lowest BCUT2D eigenvalue weighted by atomic mass is 10.4. The molecule has 0 fully saturated rings. The van der Waals surface area contributed by atoms with Gasteiger partial charge in [-0.15, -0.1) is 11.8 Å². The van der Waals surface area contributed by atoms with Gasteiger partial charge < -0.3 is 4.98 Å². The molecule has 144 valence electrons. The molecule has 0 atom stereocenters. The Kier molecular flexibility index (Phi) is 5.66. The van der Waals surface area contributed by atoms with Crippen LogP contribution in [0.1, 0.15) is 5.82 Å². The Morgan fingerprint density at radius 1 is 0.759 bits per heavy atom. The Balaban J connectivity index is 2.24. The number of rotatable bonds is 5. The second kappa shape index (κ2) is 8.36. The van der Waals surface area contributed by atoms with E-state index in [4.69, 9.17) is 4.98 Å². The van der Waals surface area contributed by atoms with Crippen LogP contribution in [0.15, 0.2) is 101 Å². The maximum atomic E-state index is 13.5. The largest absolute Gasteiger partial charge is 0.307 e. The molecule has 4 aromatic rings. The van der Waals surface area contributed by atoms with E-state index in [9.17, 15) is 4.79 Å². The van der Waals surface area contributed by atoms with Crippen LogP contribution in [-0.2, 0) is 0 Å². The standard InChI is InChI=1S/C24H21N2OPS/c1-18-25-23(27)22(24(26-18)29-2)28(19-12-6-3-7-13-19,20-14-8-4-9-15-20)21-16-10-5-11-17-21/h3-17H,1-2H3/p+1. The molecular formula is C24H22N2OPS+. The molecule has 0 aliphatic heterocycles. The fourth-order valence-electron chi connectivity index (χ4n) is 3.78. The van der Waals surface area contributed by atoms with Gasteiger partial charge in [0.15, 0.2) is 7.26 Å². The van der Waals surface area contributed by atoms with Crippen LogP contribution < -0.4 is 26.8 Å². The first-order chi connectivity index (χ1) is 14.2. The van der Waals surface area contributed by atoms with Crippen LogP contribution in [0.5, 0.6) is 0 Å². The zero-order valence-electron chi connectivity index (χ0n) is 16.4. The number of thioether (sulfide) groups is 1. The molecule has 0 bridgehead atoms. The van der Waals surface area contributed by atoms with Gasteiger partial charge >= 0.3 is 0 Å². The van der Waals surface area contributed by atoms with Crippen LogP contribution in [0, 0.1) is 6.92 Å². The smallest absolute Gasteiger partial charge is 0.295 e. The fraction of sp³-hybridized carbons (Fsp3) is 0.0833. The molecular weight excluding hydrogens is 395 g/mol. The van der Waals surface area contributed by atoms with E-state index in [1.165, 1.54) is 11.8 Å². The lowest BCUT2D eigenvalue weighted by Gasteiger charge is -2.27. The molecule has 5 heteroatoms. The normalized spacial score (nSPS) is 11.4. The molecule has 3 nitrogen and oxygen atoms in total. The number of hydrogen-bond donors (Lipinski definition) is 1. The fourth-order valence-corrected chi connectivity index (χ4v) is 9.20. The molecule has 0 aliphatic carbocycles. The Morgan fingerprint density at radius 2 is 1.17 bits per heavy atom. The Morgan fingerprint density at radius 3 is 1.55 bits per heavy atom. The molecule has 0 unspecified atom stereocenters. The summed E-state index contributed by atoms with van der Waals surface area (Å²) in [7, 11) is -2.44. The highest BCUT2D eigenvalue weighted by Gasteiger charge is 2.52. The summed E-state index contributed by atoms with van der Waals surface area (Å²) in [6.07, 6.45) is 1.99. The predicted octanol–water partition coefficient (Wildman–Crippen LogP) is 3.42. The quantitative estimate of drug-likeness (QED) is 0.308. The summed E-state index contributed by atoms with van der Waals surface area (Å²) in [6, 6.07) is 31.1. The first-order valence-corrected chi connectivity index (χ1v) is 12.4. The monoisotopic (exact) mass is 417 g/mol. The van der Waals surface area contributed by atoms with Gasteiger partial charge in [-0.2, -0.15) is 0 Å². The molecule has 1 aromatic heterocycles. The number of aromatic nitrogens is 2. The van der Waals surface area contributed by atoms with E-state index in [0.717, 1.165) is 26.2 Å². The number of H-pyrrole nitrogens is 1. The van der Waals surface area contributed by atoms with Gasteiger partial charge in [0.25, 0.3) is 5.56 Å². The highest BCUT2D eigenvalue weighted by molar-refractivity contribution is 8.04. The van der Waals surface area contributed by atoms with Crippen molar-refractivity contribution in [2.24, 2.45) is 0 Å². The van der Waals surface area contributed by atoms with Gasteiger partial charge in [-0.05, 0) is 49.6 Å². The highest BCUT2D eigenvalue weighted by Crippen LogP contribution is 2.54. The third-order valence-corrected chi connectivity index (χ3v) is 10.1. The zero-order chi connectivity index (χ0) is 20.3.